The van der Waals surface area contributed by atoms with Gasteiger partial charge in [0.15, 0.2) is 11.5 Å². The maximum absolute atomic E-state index is 13.2. The molecule has 1 aromatic heterocycles. The first-order valence-corrected chi connectivity index (χ1v) is 10.9. The number of hydrogen-bond acceptors (Lipinski definition) is 4. The van der Waals surface area contributed by atoms with E-state index in [0.717, 1.165) is 24.8 Å². The van der Waals surface area contributed by atoms with Gasteiger partial charge in [-0.15, -0.1) is 0 Å². The molecular formula is C26H26N2O4. The summed E-state index contributed by atoms with van der Waals surface area (Å²) in [7, 11) is 0. The highest BCUT2D eigenvalue weighted by atomic mass is 16.7. The van der Waals surface area contributed by atoms with Gasteiger partial charge in [0.1, 0.15) is 5.56 Å². The third-order valence-corrected chi connectivity index (χ3v) is 6.25. The number of carbonyl (C=O) groups excluding carboxylic acids is 1. The largest absolute Gasteiger partial charge is 0.454 e. The van der Waals surface area contributed by atoms with Crippen LogP contribution in [0.1, 0.15) is 45.5 Å². The lowest BCUT2D eigenvalue weighted by atomic mass is 10.0. The number of aryl methyl sites for hydroxylation is 2. The minimum Gasteiger partial charge on any atom is -0.454 e. The van der Waals surface area contributed by atoms with Crippen LogP contribution in [0.2, 0.25) is 0 Å². The molecule has 164 valence electrons. The Morgan fingerprint density at radius 1 is 1.03 bits per heavy atom. The topological polar surface area (TPSA) is 69.6 Å². The van der Waals surface area contributed by atoms with Gasteiger partial charge in [-0.3, -0.25) is 9.59 Å². The Morgan fingerprint density at radius 2 is 1.84 bits per heavy atom. The quantitative estimate of drug-likeness (QED) is 0.647. The van der Waals surface area contributed by atoms with E-state index in [1.165, 1.54) is 11.1 Å². The predicted molar refractivity (Wildman–Crippen MR) is 121 cm³/mol. The summed E-state index contributed by atoms with van der Waals surface area (Å²) in [5.41, 5.74) is 3.66. The number of nitrogens with one attached hydrogen (secondary N) is 1. The van der Waals surface area contributed by atoms with Crippen LogP contribution in [-0.2, 0) is 13.0 Å². The van der Waals surface area contributed by atoms with E-state index in [2.05, 4.69) is 30.4 Å². The van der Waals surface area contributed by atoms with Crippen LogP contribution in [0.5, 0.6) is 11.5 Å². The lowest BCUT2D eigenvalue weighted by Crippen LogP contribution is -2.42. The van der Waals surface area contributed by atoms with E-state index in [0.29, 0.717) is 23.6 Å². The van der Waals surface area contributed by atoms with Crippen LogP contribution in [0, 0.1) is 13.8 Å². The first-order chi connectivity index (χ1) is 15.4. The summed E-state index contributed by atoms with van der Waals surface area (Å²) in [6, 6.07) is 15.8. The first-order valence-electron chi connectivity index (χ1n) is 10.9. The molecule has 2 heterocycles. The molecule has 2 aromatic carbocycles. The standard InChI is InChI=1S/C26H26N2O4/c1-17-4-3-5-19(12-17)14-26(9-10-26)27-24(29)23-18(2)8-11-28(25(23)30)15-20-6-7-21-22(13-20)32-16-31-21/h3-8,11-13H,9-10,14-16H2,1-2H3,(H,27,29). The monoisotopic (exact) mass is 430 g/mol. The summed E-state index contributed by atoms with van der Waals surface area (Å²) in [6.07, 6.45) is 4.35. The highest BCUT2D eigenvalue weighted by Gasteiger charge is 2.44. The summed E-state index contributed by atoms with van der Waals surface area (Å²) >= 11 is 0. The second-order valence-electron chi connectivity index (χ2n) is 8.89. The van der Waals surface area contributed by atoms with E-state index in [4.69, 9.17) is 9.47 Å². The molecule has 6 heteroatoms. The van der Waals surface area contributed by atoms with Crippen LogP contribution in [0.25, 0.3) is 0 Å². The normalized spacial score (nSPS) is 15.4. The predicted octanol–water partition coefficient (Wildman–Crippen LogP) is 3.75. The van der Waals surface area contributed by atoms with Gasteiger partial charge >= 0.3 is 0 Å². The Balaban J connectivity index is 1.36. The molecule has 1 saturated carbocycles. The average Bonchev–Trinajstić information content (AvgIpc) is 3.32. The molecular weight excluding hydrogens is 404 g/mol. The van der Waals surface area contributed by atoms with Gasteiger partial charge < -0.3 is 19.4 Å². The Morgan fingerprint density at radius 3 is 2.62 bits per heavy atom. The summed E-state index contributed by atoms with van der Waals surface area (Å²) in [4.78, 5) is 26.4. The maximum atomic E-state index is 13.2. The molecule has 2 aliphatic rings. The fourth-order valence-electron chi connectivity index (χ4n) is 4.31. The third kappa shape index (κ3) is 4.00. The first kappa shape index (κ1) is 20.4. The van der Waals surface area contributed by atoms with E-state index in [1.807, 2.05) is 30.3 Å². The van der Waals surface area contributed by atoms with Gasteiger partial charge in [0.25, 0.3) is 11.5 Å². The van der Waals surface area contributed by atoms with E-state index >= 15 is 0 Å². The van der Waals surface area contributed by atoms with Gasteiger partial charge in [0, 0.05) is 11.7 Å². The van der Waals surface area contributed by atoms with Crippen molar-refractivity contribution in [1.29, 1.82) is 0 Å². The molecule has 1 aliphatic heterocycles. The molecule has 0 bridgehead atoms. The summed E-state index contributed by atoms with van der Waals surface area (Å²) in [5.74, 6) is 1.08. The van der Waals surface area contributed by atoms with E-state index in [1.54, 1.807) is 17.7 Å². The number of rotatable bonds is 6. The number of amides is 1. The lowest BCUT2D eigenvalue weighted by Gasteiger charge is -2.19. The summed E-state index contributed by atoms with van der Waals surface area (Å²) < 4.78 is 12.4. The molecule has 32 heavy (non-hydrogen) atoms. The highest BCUT2D eigenvalue weighted by Crippen LogP contribution is 2.39. The van der Waals surface area contributed by atoms with Crippen molar-refractivity contribution in [2.75, 3.05) is 6.79 Å². The number of nitrogens with zero attached hydrogens (tertiary/aromatic N) is 1. The van der Waals surface area contributed by atoms with Crippen molar-refractivity contribution in [3.63, 3.8) is 0 Å². The number of pyridine rings is 1. The maximum Gasteiger partial charge on any atom is 0.263 e. The zero-order valence-corrected chi connectivity index (χ0v) is 18.3. The van der Waals surface area contributed by atoms with Gasteiger partial charge in [-0.05, 0) is 68.0 Å². The summed E-state index contributed by atoms with van der Waals surface area (Å²) in [6.45, 7) is 4.43. The zero-order valence-electron chi connectivity index (χ0n) is 18.3. The number of aromatic nitrogens is 1. The van der Waals surface area contributed by atoms with Crippen LogP contribution in [0.4, 0.5) is 0 Å². The van der Waals surface area contributed by atoms with Crippen molar-refractivity contribution in [3.8, 4) is 11.5 Å². The molecule has 0 unspecified atom stereocenters. The minimum atomic E-state index is -0.294. The second kappa shape index (κ2) is 7.86. The molecule has 1 N–H and O–H groups in total. The molecule has 1 amide bonds. The van der Waals surface area contributed by atoms with Crippen molar-refractivity contribution in [2.45, 2.75) is 45.2 Å². The number of carbonyl (C=O) groups is 1. The number of ether oxygens (including phenoxy) is 2. The fourth-order valence-corrected chi connectivity index (χ4v) is 4.31. The van der Waals surface area contributed by atoms with Crippen LogP contribution < -0.4 is 20.3 Å². The Bertz CT molecular complexity index is 1260. The lowest BCUT2D eigenvalue weighted by molar-refractivity contribution is 0.0928. The smallest absolute Gasteiger partial charge is 0.263 e. The molecule has 1 fully saturated rings. The van der Waals surface area contributed by atoms with E-state index < -0.39 is 0 Å². The molecule has 5 rings (SSSR count). The van der Waals surface area contributed by atoms with E-state index in [9.17, 15) is 9.59 Å². The van der Waals surface area contributed by atoms with E-state index in [-0.39, 0.29) is 29.4 Å². The van der Waals surface area contributed by atoms with Crippen molar-refractivity contribution in [1.82, 2.24) is 9.88 Å². The SMILES string of the molecule is Cc1cccc(CC2(NC(=O)c3c(C)ccn(Cc4ccc5c(c4)OCO5)c3=O)CC2)c1. The third-order valence-electron chi connectivity index (χ3n) is 6.25. The van der Waals surface area contributed by atoms with Crippen molar-refractivity contribution in [3.05, 3.63) is 92.9 Å². The molecule has 6 nitrogen and oxygen atoms in total. The molecule has 0 saturated heterocycles. The van der Waals surface area contributed by atoms with Gasteiger partial charge in [-0.25, -0.2) is 0 Å². The van der Waals surface area contributed by atoms with Gasteiger partial charge in [0.05, 0.1) is 6.54 Å². The molecule has 3 aromatic rings. The van der Waals surface area contributed by atoms with Gasteiger partial charge in [-0.1, -0.05) is 35.9 Å². The number of hydrogen-bond donors (Lipinski definition) is 1. The minimum absolute atomic E-state index is 0.206. The number of fused-ring (bicyclic) bond motifs is 1. The summed E-state index contributed by atoms with van der Waals surface area (Å²) in [5, 5.41) is 3.17. The van der Waals surface area contributed by atoms with Crippen LogP contribution in [-0.4, -0.2) is 22.8 Å². The molecule has 0 spiro atoms. The van der Waals surface area contributed by atoms with Crippen LogP contribution in [0.3, 0.4) is 0 Å². The average molecular weight is 431 g/mol. The highest BCUT2D eigenvalue weighted by molar-refractivity contribution is 5.96. The van der Waals surface area contributed by atoms with Crippen molar-refractivity contribution < 1.29 is 14.3 Å². The zero-order chi connectivity index (χ0) is 22.3. The Kier molecular flexibility index (Phi) is 5.00. The Hall–Kier alpha value is -3.54. The van der Waals surface area contributed by atoms with Gasteiger partial charge in [0.2, 0.25) is 6.79 Å². The van der Waals surface area contributed by atoms with Crippen LogP contribution in [0.15, 0.2) is 59.5 Å². The fraction of sp³-hybridized carbons (Fsp3) is 0.308. The van der Waals surface area contributed by atoms with Crippen molar-refractivity contribution in [2.24, 2.45) is 0 Å². The van der Waals surface area contributed by atoms with Crippen LogP contribution >= 0.6 is 0 Å². The van der Waals surface area contributed by atoms with Crippen molar-refractivity contribution >= 4 is 5.91 Å². The molecule has 0 atom stereocenters. The second-order valence-corrected chi connectivity index (χ2v) is 8.89. The van der Waals surface area contributed by atoms with Gasteiger partial charge in [-0.2, -0.15) is 0 Å². The molecule has 1 aliphatic carbocycles. The molecule has 0 radical (unpaired) electrons. The number of benzene rings is 2. The Labute approximate surface area is 186 Å².